The van der Waals surface area contributed by atoms with Crippen LogP contribution in [0.2, 0.25) is 0 Å². The number of aryl methyl sites for hydroxylation is 1. The van der Waals surface area contributed by atoms with Crippen molar-refractivity contribution in [2.24, 2.45) is 10.4 Å². The molecule has 148 valence electrons. The number of aliphatic imine (C=N–C) groups is 1. The number of carbonyl (C=O) groups is 1. The highest BCUT2D eigenvalue weighted by Crippen LogP contribution is 2.21. The van der Waals surface area contributed by atoms with Crippen molar-refractivity contribution >= 4 is 35.8 Å². The lowest BCUT2D eigenvalue weighted by Crippen LogP contribution is -2.47. The van der Waals surface area contributed by atoms with E-state index in [-0.39, 0.29) is 36.0 Å². The van der Waals surface area contributed by atoms with Crippen LogP contribution in [0.1, 0.15) is 38.8 Å². The van der Waals surface area contributed by atoms with Crippen LogP contribution in [-0.4, -0.2) is 38.6 Å². The van der Waals surface area contributed by atoms with Gasteiger partial charge in [-0.25, -0.2) is 0 Å². The van der Waals surface area contributed by atoms with Gasteiger partial charge in [-0.15, -0.1) is 24.0 Å². The van der Waals surface area contributed by atoms with Crippen LogP contribution in [0, 0.1) is 12.3 Å². The smallest absolute Gasteiger partial charge is 0.227 e. The maximum absolute atomic E-state index is 11.9. The molecule has 0 unspecified atom stereocenters. The number of amides is 1. The van der Waals surface area contributed by atoms with E-state index < -0.39 is 5.41 Å². The fraction of sp³-hybridized carbons (Fsp3) is 0.579. The standard InChI is InChI=1S/C19H32N4O2.HI/c1-13(2)25-16-10-14(3)8-9-15(16)11-22-18(21-7)23-12-19(4,5)17(24)20-6;/h8-10,13H,11-12H2,1-7H3,(H,20,24)(H2,21,22,23);1H. The topological polar surface area (TPSA) is 74.8 Å². The molecule has 1 aromatic carbocycles. The molecule has 26 heavy (non-hydrogen) atoms. The molecule has 1 amide bonds. The molecule has 0 atom stereocenters. The number of hydrogen-bond donors (Lipinski definition) is 3. The highest BCUT2D eigenvalue weighted by Gasteiger charge is 2.26. The summed E-state index contributed by atoms with van der Waals surface area (Å²) < 4.78 is 5.90. The number of benzene rings is 1. The zero-order valence-electron chi connectivity index (χ0n) is 16.9. The first-order valence-electron chi connectivity index (χ1n) is 8.62. The third-order valence-electron chi connectivity index (χ3n) is 3.79. The van der Waals surface area contributed by atoms with Gasteiger partial charge < -0.3 is 20.7 Å². The van der Waals surface area contributed by atoms with E-state index in [0.717, 1.165) is 16.9 Å². The minimum Gasteiger partial charge on any atom is -0.491 e. The van der Waals surface area contributed by atoms with Crippen LogP contribution in [0.4, 0.5) is 0 Å². The third kappa shape index (κ3) is 7.80. The van der Waals surface area contributed by atoms with Crippen LogP contribution in [0.5, 0.6) is 5.75 Å². The number of hydrogen-bond acceptors (Lipinski definition) is 3. The Morgan fingerprint density at radius 2 is 1.92 bits per heavy atom. The Balaban J connectivity index is 0.00000625. The first-order chi connectivity index (χ1) is 11.7. The maximum atomic E-state index is 11.9. The van der Waals surface area contributed by atoms with Crippen molar-refractivity contribution in [1.82, 2.24) is 16.0 Å². The van der Waals surface area contributed by atoms with Crippen LogP contribution >= 0.6 is 24.0 Å². The summed E-state index contributed by atoms with van der Waals surface area (Å²) in [5, 5.41) is 9.16. The van der Waals surface area contributed by atoms with Gasteiger partial charge in [-0.2, -0.15) is 0 Å². The second kappa shape index (κ2) is 11.3. The Morgan fingerprint density at radius 1 is 1.27 bits per heavy atom. The minimum absolute atomic E-state index is 0. The Morgan fingerprint density at radius 3 is 2.46 bits per heavy atom. The molecule has 0 bridgehead atoms. The van der Waals surface area contributed by atoms with Crippen molar-refractivity contribution in [2.45, 2.75) is 47.3 Å². The predicted octanol–water partition coefficient (Wildman–Crippen LogP) is 2.84. The molecule has 0 radical (unpaired) electrons. The fourth-order valence-corrected chi connectivity index (χ4v) is 2.29. The van der Waals surface area contributed by atoms with E-state index in [1.165, 1.54) is 0 Å². The van der Waals surface area contributed by atoms with Gasteiger partial charge in [0, 0.05) is 32.7 Å². The highest BCUT2D eigenvalue weighted by atomic mass is 127. The van der Waals surface area contributed by atoms with E-state index in [0.29, 0.717) is 19.0 Å². The van der Waals surface area contributed by atoms with Gasteiger partial charge in [0.15, 0.2) is 5.96 Å². The number of ether oxygens (including phenoxy) is 1. The Kier molecular flexibility index (Phi) is 10.6. The molecule has 1 rings (SSSR count). The number of guanidine groups is 1. The Bertz CT molecular complexity index is 616. The summed E-state index contributed by atoms with van der Waals surface area (Å²) in [6.45, 7) is 10.9. The Labute approximate surface area is 174 Å². The van der Waals surface area contributed by atoms with Crippen LogP contribution in [0.15, 0.2) is 23.2 Å². The van der Waals surface area contributed by atoms with Gasteiger partial charge in [0.1, 0.15) is 5.75 Å². The quantitative estimate of drug-likeness (QED) is 0.322. The molecule has 6 nitrogen and oxygen atoms in total. The summed E-state index contributed by atoms with van der Waals surface area (Å²) in [5.41, 5.74) is 1.70. The minimum atomic E-state index is -0.526. The van der Waals surface area contributed by atoms with Crippen molar-refractivity contribution in [3.8, 4) is 5.75 Å². The molecule has 0 aliphatic carbocycles. The van der Waals surface area contributed by atoms with Crippen molar-refractivity contribution in [2.75, 3.05) is 20.6 Å². The van der Waals surface area contributed by atoms with Gasteiger partial charge in [-0.1, -0.05) is 12.1 Å². The molecular weight excluding hydrogens is 443 g/mol. The average Bonchev–Trinajstić information content (AvgIpc) is 2.55. The van der Waals surface area contributed by atoms with Crippen LogP contribution in [-0.2, 0) is 11.3 Å². The average molecular weight is 476 g/mol. The predicted molar refractivity (Wildman–Crippen MR) is 118 cm³/mol. The van der Waals surface area contributed by atoms with Crippen LogP contribution < -0.4 is 20.7 Å². The van der Waals surface area contributed by atoms with Gasteiger partial charge in [-0.3, -0.25) is 9.79 Å². The molecule has 7 heteroatoms. The number of nitrogens with one attached hydrogen (secondary N) is 3. The lowest BCUT2D eigenvalue weighted by molar-refractivity contribution is -0.128. The molecule has 0 aliphatic heterocycles. The molecule has 3 N–H and O–H groups in total. The molecule has 0 heterocycles. The summed E-state index contributed by atoms with van der Waals surface area (Å²) in [5.74, 6) is 1.51. The van der Waals surface area contributed by atoms with E-state index >= 15 is 0 Å². The zero-order chi connectivity index (χ0) is 19.0. The summed E-state index contributed by atoms with van der Waals surface area (Å²) in [4.78, 5) is 16.1. The van der Waals surface area contributed by atoms with E-state index in [1.54, 1.807) is 14.1 Å². The van der Waals surface area contributed by atoms with Gasteiger partial charge in [-0.05, 0) is 46.2 Å². The molecular formula is C19H33IN4O2. The maximum Gasteiger partial charge on any atom is 0.227 e. The molecule has 0 spiro atoms. The largest absolute Gasteiger partial charge is 0.491 e. The third-order valence-corrected chi connectivity index (χ3v) is 3.79. The molecule has 0 saturated carbocycles. The van der Waals surface area contributed by atoms with E-state index in [4.69, 9.17) is 4.74 Å². The number of carbonyl (C=O) groups excluding carboxylic acids is 1. The lowest BCUT2D eigenvalue weighted by Gasteiger charge is -2.24. The molecule has 0 fully saturated rings. The number of nitrogens with zero attached hydrogens (tertiary/aromatic N) is 1. The second-order valence-electron chi connectivity index (χ2n) is 7.02. The van der Waals surface area contributed by atoms with Crippen molar-refractivity contribution < 1.29 is 9.53 Å². The molecule has 0 aliphatic rings. The normalized spacial score (nSPS) is 11.6. The van der Waals surface area contributed by atoms with Gasteiger partial charge >= 0.3 is 0 Å². The van der Waals surface area contributed by atoms with Crippen molar-refractivity contribution in [3.05, 3.63) is 29.3 Å². The van der Waals surface area contributed by atoms with Crippen LogP contribution in [0.3, 0.4) is 0 Å². The second-order valence-corrected chi connectivity index (χ2v) is 7.02. The lowest BCUT2D eigenvalue weighted by atomic mass is 9.92. The van der Waals surface area contributed by atoms with Crippen LogP contribution in [0.25, 0.3) is 0 Å². The van der Waals surface area contributed by atoms with Crippen molar-refractivity contribution in [1.29, 1.82) is 0 Å². The monoisotopic (exact) mass is 476 g/mol. The SMILES string of the molecule is CN=C(NCc1ccc(C)cc1OC(C)C)NCC(C)(C)C(=O)NC.I. The summed E-state index contributed by atoms with van der Waals surface area (Å²) >= 11 is 0. The fourth-order valence-electron chi connectivity index (χ4n) is 2.29. The summed E-state index contributed by atoms with van der Waals surface area (Å²) in [6.07, 6.45) is 0.117. The highest BCUT2D eigenvalue weighted by molar-refractivity contribution is 14.0. The molecule has 0 aromatic heterocycles. The van der Waals surface area contributed by atoms with Gasteiger partial charge in [0.2, 0.25) is 5.91 Å². The Hall–Kier alpha value is -1.51. The first-order valence-corrected chi connectivity index (χ1v) is 8.62. The number of rotatable bonds is 7. The first kappa shape index (κ1) is 24.5. The summed E-state index contributed by atoms with van der Waals surface area (Å²) in [6, 6.07) is 6.17. The zero-order valence-corrected chi connectivity index (χ0v) is 19.2. The van der Waals surface area contributed by atoms with E-state index in [2.05, 4.69) is 33.1 Å². The van der Waals surface area contributed by atoms with Gasteiger partial charge in [0.05, 0.1) is 11.5 Å². The summed E-state index contributed by atoms with van der Waals surface area (Å²) in [7, 11) is 3.35. The van der Waals surface area contributed by atoms with Gasteiger partial charge in [0.25, 0.3) is 0 Å². The van der Waals surface area contributed by atoms with E-state index in [9.17, 15) is 4.79 Å². The molecule has 0 saturated heterocycles. The number of halogens is 1. The van der Waals surface area contributed by atoms with E-state index in [1.807, 2.05) is 40.7 Å². The van der Waals surface area contributed by atoms with Crippen molar-refractivity contribution in [3.63, 3.8) is 0 Å². The molecule has 1 aromatic rings.